The number of carbonyl (C=O) groups is 3. The molecule has 0 aliphatic carbocycles. The zero-order valence-electron chi connectivity index (χ0n) is 18.5. The monoisotopic (exact) mass is 469 g/mol. The van der Waals surface area contributed by atoms with Gasteiger partial charge in [-0.1, -0.05) is 36.4 Å². The van der Waals surface area contributed by atoms with Gasteiger partial charge in [0.05, 0.1) is 28.1 Å². The Morgan fingerprint density at radius 3 is 2.29 bits per heavy atom. The highest BCUT2D eigenvalue weighted by Gasteiger charge is 2.23. The molecule has 174 valence electrons. The smallest absolute Gasteiger partial charge is 0.292 e. The van der Waals surface area contributed by atoms with Gasteiger partial charge in [0.15, 0.2) is 5.69 Å². The fourth-order valence-corrected chi connectivity index (χ4v) is 3.37. The largest absolute Gasteiger partial charge is 0.320 e. The van der Waals surface area contributed by atoms with Crippen molar-refractivity contribution in [3.8, 4) is 0 Å². The average molecular weight is 469 g/mol. The minimum Gasteiger partial charge on any atom is -0.320 e. The van der Waals surface area contributed by atoms with E-state index in [9.17, 15) is 24.5 Å². The highest BCUT2D eigenvalue weighted by Crippen LogP contribution is 2.19. The van der Waals surface area contributed by atoms with E-state index >= 15 is 0 Å². The van der Waals surface area contributed by atoms with E-state index in [-0.39, 0.29) is 22.8 Å². The number of carbonyl (C=O) groups excluding carboxylic acids is 3. The number of nitrogens with zero attached hydrogens (tertiary/aromatic N) is 3. The minimum absolute atomic E-state index is 0.0361. The van der Waals surface area contributed by atoms with E-state index in [4.69, 9.17) is 0 Å². The first-order chi connectivity index (χ1) is 16.8. The number of ketones is 1. The van der Waals surface area contributed by atoms with Crippen LogP contribution >= 0.6 is 0 Å². The van der Waals surface area contributed by atoms with E-state index in [0.717, 1.165) is 11.6 Å². The molecule has 0 aliphatic rings. The first-order valence-corrected chi connectivity index (χ1v) is 10.5. The Hall–Kier alpha value is -4.99. The number of Topliss-reactive ketones (excluding diaryl/α,β-unsaturated/α-hetero) is 1. The summed E-state index contributed by atoms with van der Waals surface area (Å²) in [6.45, 7) is 1.84. The van der Waals surface area contributed by atoms with E-state index in [0.29, 0.717) is 16.7 Å². The summed E-state index contributed by atoms with van der Waals surface area (Å²) in [5.41, 5.74) is 2.15. The second kappa shape index (κ2) is 9.87. The standard InChI is InChI=1S/C25H19N5O5/c1-15-7-2-3-10-18(15)29-25(33)23-21(27-19-11-4-5-12-20(19)28-23)14-22(31)24(32)26-16-8-6-9-17(13-16)30(34)35/h2-13H,14H2,1H3,(H,26,32)(H,29,33). The van der Waals surface area contributed by atoms with Gasteiger partial charge in [-0.05, 0) is 36.8 Å². The van der Waals surface area contributed by atoms with Gasteiger partial charge < -0.3 is 10.6 Å². The van der Waals surface area contributed by atoms with Crippen molar-refractivity contribution in [2.75, 3.05) is 10.6 Å². The minimum atomic E-state index is -0.995. The molecule has 1 heterocycles. The Labute approximate surface area is 199 Å². The number of para-hydroxylation sites is 3. The Morgan fingerprint density at radius 2 is 1.57 bits per heavy atom. The zero-order chi connectivity index (χ0) is 24.9. The molecule has 4 aromatic rings. The molecule has 0 saturated carbocycles. The number of fused-ring (bicyclic) bond motifs is 1. The van der Waals surface area contributed by atoms with Crippen LogP contribution in [0.4, 0.5) is 17.1 Å². The fourth-order valence-electron chi connectivity index (χ4n) is 3.37. The third-order valence-corrected chi connectivity index (χ3v) is 5.15. The van der Waals surface area contributed by atoms with Crippen LogP contribution in [0.3, 0.4) is 0 Å². The second-order valence-corrected chi connectivity index (χ2v) is 7.64. The molecule has 10 nitrogen and oxygen atoms in total. The summed E-state index contributed by atoms with van der Waals surface area (Å²) in [6.07, 6.45) is -0.491. The Bertz CT molecular complexity index is 1480. The molecular weight excluding hydrogens is 450 g/mol. The van der Waals surface area contributed by atoms with Gasteiger partial charge in [-0.2, -0.15) is 0 Å². The van der Waals surface area contributed by atoms with E-state index in [1.807, 2.05) is 19.1 Å². The number of nitro benzene ring substituents is 1. The molecule has 3 aromatic carbocycles. The highest BCUT2D eigenvalue weighted by atomic mass is 16.6. The van der Waals surface area contributed by atoms with Crippen molar-refractivity contribution in [2.45, 2.75) is 13.3 Å². The van der Waals surface area contributed by atoms with Crippen LogP contribution in [0, 0.1) is 17.0 Å². The van der Waals surface area contributed by atoms with Crippen LogP contribution in [0.1, 0.15) is 21.7 Å². The summed E-state index contributed by atoms with van der Waals surface area (Å²) >= 11 is 0. The molecule has 0 saturated heterocycles. The maximum Gasteiger partial charge on any atom is 0.292 e. The number of amides is 2. The number of benzene rings is 3. The summed E-state index contributed by atoms with van der Waals surface area (Å²) < 4.78 is 0. The molecule has 0 unspecified atom stereocenters. The number of aromatic nitrogens is 2. The Kier molecular flexibility index (Phi) is 6.54. The lowest BCUT2D eigenvalue weighted by atomic mass is 10.1. The molecule has 0 bridgehead atoms. The molecule has 2 N–H and O–H groups in total. The van der Waals surface area contributed by atoms with Gasteiger partial charge >= 0.3 is 0 Å². The summed E-state index contributed by atoms with van der Waals surface area (Å²) in [7, 11) is 0. The highest BCUT2D eigenvalue weighted by molar-refractivity contribution is 6.41. The number of nitrogens with one attached hydrogen (secondary N) is 2. The Balaban J connectivity index is 1.61. The number of rotatable bonds is 7. The number of nitro groups is 1. The van der Waals surface area contributed by atoms with Crippen molar-refractivity contribution in [1.82, 2.24) is 9.97 Å². The van der Waals surface area contributed by atoms with Gasteiger partial charge in [-0.3, -0.25) is 24.5 Å². The quantitative estimate of drug-likeness (QED) is 0.238. The van der Waals surface area contributed by atoms with Crippen LogP contribution in [0.15, 0.2) is 72.8 Å². The number of non-ortho nitro benzene ring substituents is 1. The second-order valence-electron chi connectivity index (χ2n) is 7.64. The summed E-state index contributed by atoms with van der Waals surface area (Å²) in [4.78, 5) is 57.4. The number of hydrogen-bond donors (Lipinski definition) is 2. The van der Waals surface area contributed by atoms with Crippen LogP contribution < -0.4 is 10.6 Å². The number of aryl methyl sites for hydroxylation is 1. The SMILES string of the molecule is Cc1ccccc1NC(=O)c1nc2ccccc2nc1CC(=O)C(=O)Nc1cccc([N+](=O)[O-])c1. The van der Waals surface area contributed by atoms with Crippen LogP contribution in [0.2, 0.25) is 0 Å². The van der Waals surface area contributed by atoms with Gasteiger partial charge in [0.1, 0.15) is 0 Å². The predicted octanol–water partition coefficient (Wildman–Crippen LogP) is 3.85. The van der Waals surface area contributed by atoms with Crippen molar-refractivity contribution in [3.05, 3.63) is 99.9 Å². The van der Waals surface area contributed by atoms with Crippen molar-refractivity contribution >= 4 is 45.7 Å². The third kappa shape index (κ3) is 5.33. The third-order valence-electron chi connectivity index (χ3n) is 5.15. The normalized spacial score (nSPS) is 10.5. The van der Waals surface area contributed by atoms with Gasteiger partial charge in [-0.15, -0.1) is 0 Å². The lowest BCUT2D eigenvalue weighted by Crippen LogP contribution is -2.27. The molecule has 2 amide bonds. The van der Waals surface area contributed by atoms with Crippen molar-refractivity contribution in [2.24, 2.45) is 0 Å². The topological polar surface area (TPSA) is 144 Å². The van der Waals surface area contributed by atoms with Crippen molar-refractivity contribution in [1.29, 1.82) is 0 Å². The molecule has 4 rings (SSSR count). The molecule has 1 aromatic heterocycles. The van der Waals surface area contributed by atoms with Crippen LogP contribution in [-0.4, -0.2) is 32.5 Å². The first kappa shape index (κ1) is 23.2. The lowest BCUT2D eigenvalue weighted by Gasteiger charge is -2.11. The molecule has 0 aliphatic heterocycles. The van der Waals surface area contributed by atoms with Gasteiger partial charge in [-0.25, -0.2) is 9.97 Å². The van der Waals surface area contributed by atoms with Crippen molar-refractivity contribution < 1.29 is 19.3 Å². The number of hydrogen-bond acceptors (Lipinski definition) is 7. The average Bonchev–Trinajstić information content (AvgIpc) is 2.85. The lowest BCUT2D eigenvalue weighted by molar-refractivity contribution is -0.384. The molecule has 0 fully saturated rings. The van der Waals surface area contributed by atoms with E-state index in [1.54, 1.807) is 36.4 Å². The fraction of sp³-hybridized carbons (Fsp3) is 0.0800. The van der Waals surface area contributed by atoms with Gasteiger partial charge in [0, 0.05) is 23.5 Å². The maximum atomic E-state index is 13.1. The van der Waals surface area contributed by atoms with Crippen LogP contribution in [0.25, 0.3) is 11.0 Å². The molecule has 0 spiro atoms. The van der Waals surface area contributed by atoms with E-state index in [1.165, 1.54) is 18.2 Å². The molecule has 35 heavy (non-hydrogen) atoms. The molecule has 0 atom stereocenters. The van der Waals surface area contributed by atoms with Crippen LogP contribution in [0.5, 0.6) is 0 Å². The molecule has 0 radical (unpaired) electrons. The molecule has 10 heteroatoms. The summed E-state index contributed by atoms with van der Waals surface area (Å²) in [6, 6.07) is 19.3. The van der Waals surface area contributed by atoms with Gasteiger partial charge in [0.25, 0.3) is 17.5 Å². The summed E-state index contributed by atoms with van der Waals surface area (Å²) in [5, 5.41) is 16.1. The maximum absolute atomic E-state index is 13.1. The predicted molar refractivity (Wildman–Crippen MR) is 129 cm³/mol. The Morgan fingerprint density at radius 1 is 0.886 bits per heavy atom. The zero-order valence-corrected chi connectivity index (χ0v) is 18.5. The van der Waals surface area contributed by atoms with E-state index in [2.05, 4.69) is 20.6 Å². The molecular formula is C25H19N5O5. The first-order valence-electron chi connectivity index (χ1n) is 10.5. The van der Waals surface area contributed by atoms with Crippen LogP contribution in [-0.2, 0) is 16.0 Å². The van der Waals surface area contributed by atoms with E-state index < -0.39 is 28.9 Å². The van der Waals surface area contributed by atoms with Gasteiger partial charge in [0.2, 0.25) is 5.78 Å². The number of anilines is 2. The van der Waals surface area contributed by atoms with Crippen molar-refractivity contribution in [3.63, 3.8) is 0 Å². The summed E-state index contributed by atoms with van der Waals surface area (Å²) in [5.74, 6) is -2.45.